The summed E-state index contributed by atoms with van der Waals surface area (Å²) in [7, 11) is 2.10. The lowest BCUT2D eigenvalue weighted by molar-refractivity contribution is 0.214. The van der Waals surface area contributed by atoms with Crippen LogP contribution in [0.2, 0.25) is 0 Å². The van der Waals surface area contributed by atoms with Crippen LogP contribution in [0.5, 0.6) is 0 Å². The van der Waals surface area contributed by atoms with Gasteiger partial charge in [-0.2, -0.15) is 0 Å². The molecular formula is C16H24BrN. The van der Waals surface area contributed by atoms with Crippen molar-refractivity contribution >= 4 is 15.9 Å². The molecule has 3 atom stereocenters. The molecule has 1 aromatic rings. The maximum absolute atomic E-state index is 3.70. The quantitative estimate of drug-likeness (QED) is 0.832. The smallest absolute Gasteiger partial charge is 0.0357 e. The van der Waals surface area contributed by atoms with E-state index in [9.17, 15) is 0 Å². The summed E-state index contributed by atoms with van der Waals surface area (Å²) in [6.07, 6.45) is 6.90. The van der Waals surface area contributed by atoms with E-state index >= 15 is 0 Å². The monoisotopic (exact) mass is 309 g/mol. The standard InChI is InChI=1S/C16H24BrN/c1-3-12-7-6-8-13(11-12)16(18-2)14-9-4-5-10-15(14)17/h4-5,9-10,12-13,16,18H,3,6-8,11H2,1-2H3. The third-order valence-electron chi connectivity index (χ3n) is 4.42. The number of halogens is 1. The fourth-order valence-corrected chi connectivity index (χ4v) is 3.91. The van der Waals surface area contributed by atoms with E-state index in [0.29, 0.717) is 6.04 Å². The molecule has 1 fully saturated rings. The van der Waals surface area contributed by atoms with Crippen LogP contribution in [0.3, 0.4) is 0 Å². The van der Waals surface area contributed by atoms with Crippen molar-refractivity contribution in [1.29, 1.82) is 0 Å². The average Bonchev–Trinajstić information content (AvgIpc) is 2.42. The molecule has 0 spiro atoms. The van der Waals surface area contributed by atoms with Gasteiger partial charge in [0.15, 0.2) is 0 Å². The molecule has 1 saturated carbocycles. The van der Waals surface area contributed by atoms with Crippen LogP contribution >= 0.6 is 15.9 Å². The largest absolute Gasteiger partial charge is 0.313 e. The molecule has 0 aromatic heterocycles. The Bertz CT molecular complexity index is 377. The van der Waals surface area contributed by atoms with E-state index in [2.05, 4.69) is 59.5 Å². The van der Waals surface area contributed by atoms with Crippen LogP contribution in [-0.4, -0.2) is 7.05 Å². The number of benzene rings is 1. The summed E-state index contributed by atoms with van der Waals surface area (Å²) >= 11 is 3.70. The number of hydrogen-bond acceptors (Lipinski definition) is 1. The molecule has 2 rings (SSSR count). The Kier molecular flexibility index (Phi) is 5.25. The van der Waals surface area contributed by atoms with Crippen LogP contribution < -0.4 is 5.32 Å². The van der Waals surface area contributed by atoms with E-state index in [1.807, 2.05) is 0 Å². The molecule has 0 saturated heterocycles. The molecule has 0 radical (unpaired) electrons. The molecule has 3 unspecified atom stereocenters. The summed E-state index contributed by atoms with van der Waals surface area (Å²) < 4.78 is 1.24. The van der Waals surface area contributed by atoms with Crippen molar-refractivity contribution in [3.05, 3.63) is 34.3 Å². The summed E-state index contributed by atoms with van der Waals surface area (Å²) in [5.74, 6) is 1.72. The van der Waals surface area contributed by atoms with Crippen LogP contribution in [0.1, 0.15) is 50.6 Å². The Morgan fingerprint density at radius 2 is 2.11 bits per heavy atom. The average molecular weight is 310 g/mol. The lowest BCUT2D eigenvalue weighted by atomic mass is 9.75. The third-order valence-corrected chi connectivity index (χ3v) is 5.15. The highest BCUT2D eigenvalue weighted by Crippen LogP contribution is 2.39. The lowest BCUT2D eigenvalue weighted by Crippen LogP contribution is -2.29. The van der Waals surface area contributed by atoms with Crippen LogP contribution in [0.25, 0.3) is 0 Å². The molecule has 1 N–H and O–H groups in total. The van der Waals surface area contributed by atoms with Gasteiger partial charge in [0.25, 0.3) is 0 Å². The number of hydrogen-bond donors (Lipinski definition) is 1. The molecule has 2 heteroatoms. The fraction of sp³-hybridized carbons (Fsp3) is 0.625. The zero-order chi connectivity index (χ0) is 13.0. The first-order chi connectivity index (χ1) is 8.76. The van der Waals surface area contributed by atoms with Crippen molar-refractivity contribution < 1.29 is 0 Å². The Labute approximate surface area is 119 Å². The highest BCUT2D eigenvalue weighted by Gasteiger charge is 2.28. The van der Waals surface area contributed by atoms with E-state index in [1.54, 1.807) is 0 Å². The predicted octanol–water partition coefficient (Wildman–Crippen LogP) is 4.93. The predicted molar refractivity (Wildman–Crippen MR) is 81.7 cm³/mol. The maximum Gasteiger partial charge on any atom is 0.0357 e. The SMILES string of the molecule is CCC1CCCC(C(NC)c2ccccc2Br)C1. The Balaban J connectivity index is 2.15. The van der Waals surface area contributed by atoms with E-state index in [1.165, 1.54) is 42.1 Å². The number of rotatable bonds is 4. The zero-order valence-electron chi connectivity index (χ0n) is 11.5. The van der Waals surface area contributed by atoms with Gasteiger partial charge in [-0.3, -0.25) is 0 Å². The topological polar surface area (TPSA) is 12.0 Å². The first-order valence-corrected chi connectivity index (χ1v) is 7.97. The highest BCUT2D eigenvalue weighted by molar-refractivity contribution is 9.10. The van der Waals surface area contributed by atoms with Gasteiger partial charge >= 0.3 is 0 Å². The minimum absolute atomic E-state index is 0.495. The van der Waals surface area contributed by atoms with Gasteiger partial charge < -0.3 is 5.32 Å². The molecule has 0 heterocycles. The molecular weight excluding hydrogens is 286 g/mol. The molecule has 0 aliphatic heterocycles. The highest BCUT2D eigenvalue weighted by atomic mass is 79.9. The molecule has 0 amide bonds. The summed E-state index contributed by atoms with van der Waals surface area (Å²) in [5.41, 5.74) is 1.42. The van der Waals surface area contributed by atoms with Crippen LogP contribution in [-0.2, 0) is 0 Å². The van der Waals surface area contributed by atoms with Gasteiger partial charge in [-0.1, -0.05) is 60.3 Å². The number of nitrogens with one attached hydrogen (secondary N) is 1. The van der Waals surface area contributed by atoms with E-state index in [4.69, 9.17) is 0 Å². The van der Waals surface area contributed by atoms with Crippen LogP contribution in [0.15, 0.2) is 28.7 Å². The van der Waals surface area contributed by atoms with E-state index < -0.39 is 0 Å². The minimum atomic E-state index is 0.495. The van der Waals surface area contributed by atoms with E-state index in [0.717, 1.165) is 11.8 Å². The molecule has 18 heavy (non-hydrogen) atoms. The molecule has 1 aliphatic carbocycles. The second-order valence-electron chi connectivity index (χ2n) is 5.49. The third kappa shape index (κ3) is 3.16. The Morgan fingerprint density at radius 3 is 2.78 bits per heavy atom. The van der Waals surface area contributed by atoms with Crippen LogP contribution in [0.4, 0.5) is 0 Å². The first-order valence-electron chi connectivity index (χ1n) is 7.18. The maximum atomic E-state index is 3.70. The summed E-state index contributed by atoms with van der Waals surface area (Å²) in [4.78, 5) is 0. The molecule has 1 nitrogen and oxygen atoms in total. The lowest BCUT2D eigenvalue weighted by Gasteiger charge is -2.35. The van der Waals surface area contributed by atoms with Crippen molar-refractivity contribution in [2.45, 2.75) is 45.1 Å². The molecule has 1 aromatic carbocycles. The zero-order valence-corrected chi connectivity index (χ0v) is 13.0. The Hall–Kier alpha value is -0.340. The molecule has 1 aliphatic rings. The Morgan fingerprint density at radius 1 is 1.33 bits per heavy atom. The van der Waals surface area contributed by atoms with Crippen molar-refractivity contribution in [1.82, 2.24) is 5.32 Å². The van der Waals surface area contributed by atoms with Crippen molar-refractivity contribution in [3.8, 4) is 0 Å². The van der Waals surface area contributed by atoms with Gasteiger partial charge in [-0.05, 0) is 43.4 Å². The fourth-order valence-electron chi connectivity index (χ4n) is 3.38. The second kappa shape index (κ2) is 6.72. The van der Waals surface area contributed by atoms with Gasteiger partial charge in [0.05, 0.1) is 0 Å². The first kappa shape index (κ1) is 14.1. The van der Waals surface area contributed by atoms with Gasteiger partial charge in [0.2, 0.25) is 0 Å². The summed E-state index contributed by atoms with van der Waals surface area (Å²) in [5, 5.41) is 3.54. The van der Waals surface area contributed by atoms with Crippen molar-refractivity contribution in [2.24, 2.45) is 11.8 Å². The minimum Gasteiger partial charge on any atom is -0.313 e. The van der Waals surface area contributed by atoms with Crippen molar-refractivity contribution in [3.63, 3.8) is 0 Å². The van der Waals surface area contributed by atoms with Gasteiger partial charge in [-0.15, -0.1) is 0 Å². The van der Waals surface area contributed by atoms with Gasteiger partial charge in [0, 0.05) is 10.5 Å². The van der Waals surface area contributed by atoms with E-state index in [-0.39, 0.29) is 0 Å². The normalized spacial score (nSPS) is 25.9. The van der Waals surface area contributed by atoms with Gasteiger partial charge in [-0.25, -0.2) is 0 Å². The molecule has 0 bridgehead atoms. The van der Waals surface area contributed by atoms with Crippen molar-refractivity contribution in [2.75, 3.05) is 7.05 Å². The summed E-state index contributed by atoms with van der Waals surface area (Å²) in [6.45, 7) is 2.33. The van der Waals surface area contributed by atoms with Gasteiger partial charge in [0.1, 0.15) is 0 Å². The van der Waals surface area contributed by atoms with Crippen LogP contribution in [0, 0.1) is 11.8 Å². The second-order valence-corrected chi connectivity index (χ2v) is 6.34. The summed E-state index contributed by atoms with van der Waals surface area (Å²) in [6, 6.07) is 9.14. The molecule has 100 valence electrons.